The molecule has 1 aromatic heterocycles. The summed E-state index contributed by atoms with van der Waals surface area (Å²) in [6.45, 7) is 0. The molecular weight excluding hydrogens is 328 g/mol. The maximum absolute atomic E-state index is 13.0. The minimum atomic E-state index is -0.120. The first-order valence-electron chi connectivity index (χ1n) is 7.99. The lowest BCUT2D eigenvalue weighted by Crippen LogP contribution is -2.02. The van der Waals surface area contributed by atoms with Gasteiger partial charge in [-0.25, -0.2) is 0 Å². The van der Waals surface area contributed by atoms with Crippen LogP contribution in [0, 0.1) is 11.3 Å². The van der Waals surface area contributed by atoms with Gasteiger partial charge in [-0.05, 0) is 17.7 Å². The summed E-state index contributed by atoms with van der Waals surface area (Å²) in [5.74, 6) is 0.988. The fourth-order valence-corrected chi connectivity index (χ4v) is 3.34. The van der Waals surface area contributed by atoms with Gasteiger partial charge >= 0.3 is 0 Å². The monoisotopic (exact) mass is 342 g/mol. The van der Waals surface area contributed by atoms with E-state index in [0.717, 1.165) is 5.56 Å². The van der Waals surface area contributed by atoms with E-state index in [9.17, 15) is 10.1 Å². The summed E-state index contributed by atoms with van der Waals surface area (Å²) in [7, 11) is 3.10. The molecule has 1 heterocycles. The number of aromatic nitrogens is 1. The van der Waals surface area contributed by atoms with Gasteiger partial charge in [-0.15, -0.1) is 0 Å². The molecule has 0 saturated carbocycles. The molecule has 1 aliphatic rings. The van der Waals surface area contributed by atoms with Gasteiger partial charge in [0, 0.05) is 22.9 Å². The molecule has 0 aliphatic heterocycles. The molecule has 0 unspecified atom stereocenters. The average molecular weight is 342 g/mol. The van der Waals surface area contributed by atoms with Gasteiger partial charge in [0.2, 0.25) is 0 Å². The molecule has 0 N–H and O–H groups in total. The number of rotatable bonds is 3. The number of hydrogen-bond donors (Lipinski definition) is 0. The topological polar surface area (TPSA) is 72.2 Å². The predicted molar refractivity (Wildman–Crippen MR) is 96.4 cm³/mol. The molecule has 0 atom stereocenters. The van der Waals surface area contributed by atoms with Crippen molar-refractivity contribution in [3.05, 3.63) is 65.4 Å². The van der Waals surface area contributed by atoms with Gasteiger partial charge in [-0.1, -0.05) is 30.3 Å². The first-order chi connectivity index (χ1) is 12.7. The highest BCUT2D eigenvalue weighted by Gasteiger charge is 2.32. The molecule has 126 valence electrons. The van der Waals surface area contributed by atoms with Crippen molar-refractivity contribution >= 4 is 5.78 Å². The lowest BCUT2D eigenvalue weighted by Gasteiger charge is -2.13. The summed E-state index contributed by atoms with van der Waals surface area (Å²) < 4.78 is 10.7. The SMILES string of the molecule is COc1ccc(-c2c(C#N)cnc3c2C(=O)c2ccccc2-3)cc1OC. The quantitative estimate of drug-likeness (QED) is 0.565. The van der Waals surface area contributed by atoms with Gasteiger partial charge in [0.1, 0.15) is 6.07 Å². The van der Waals surface area contributed by atoms with E-state index in [-0.39, 0.29) is 5.78 Å². The Labute approximate surface area is 150 Å². The van der Waals surface area contributed by atoms with Crippen LogP contribution in [0.3, 0.4) is 0 Å². The zero-order valence-electron chi connectivity index (χ0n) is 14.2. The molecule has 0 amide bonds. The predicted octanol–water partition coefficient (Wildman–Crippen LogP) is 3.85. The van der Waals surface area contributed by atoms with Gasteiger partial charge < -0.3 is 9.47 Å². The Hall–Kier alpha value is -3.65. The van der Waals surface area contributed by atoms with E-state index in [1.54, 1.807) is 32.4 Å². The average Bonchev–Trinajstić information content (AvgIpc) is 2.99. The first kappa shape index (κ1) is 15.9. The minimum absolute atomic E-state index is 0.120. The van der Waals surface area contributed by atoms with Gasteiger partial charge in [-0.2, -0.15) is 5.26 Å². The van der Waals surface area contributed by atoms with Crippen molar-refractivity contribution in [2.24, 2.45) is 0 Å². The number of methoxy groups -OCH3 is 2. The van der Waals surface area contributed by atoms with Gasteiger partial charge in [-0.3, -0.25) is 9.78 Å². The van der Waals surface area contributed by atoms with E-state index in [4.69, 9.17) is 9.47 Å². The Morgan fingerprint density at radius 2 is 1.69 bits per heavy atom. The zero-order valence-corrected chi connectivity index (χ0v) is 14.2. The molecule has 0 bridgehead atoms. The zero-order chi connectivity index (χ0) is 18.3. The highest BCUT2D eigenvalue weighted by atomic mass is 16.5. The maximum Gasteiger partial charge on any atom is 0.196 e. The summed E-state index contributed by atoms with van der Waals surface area (Å²) >= 11 is 0. The summed E-state index contributed by atoms with van der Waals surface area (Å²) in [4.78, 5) is 17.4. The smallest absolute Gasteiger partial charge is 0.196 e. The highest BCUT2D eigenvalue weighted by Crippen LogP contribution is 2.43. The Bertz CT molecular complexity index is 1100. The Morgan fingerprint density at radius 1 is 0.962 bits per heavy atom. The van der Waals surface area contributed by atoms with Crippen LogP contribution in [0.25, 0.3) is 22.4 Å². The number of nitrogens with zero attached hydrogens (tertiary/aromatic N) is 2. The second-order valence-corrected chi connectivity index (χ2v) is 5.83. The van der Waals surface area contributed by atoms with Crippen LogP contribution in [0.15, 0.2) is 48.7 Å². The number of nitriles is 1. The fourth-order valence-electron chi connectivity index (χ4n) is 3.34. The Kier molecular flexibility index (Phi) is 3.67. The fraction of sp³-hybridized carbons (Fsp3) is 0.0952. The molecular formula is C21H14N2O3. The maximum atomic E-state index is 13.0. The van der Waals surface area contributed by atoms with E-state index < -0.39 is 0 Å². The van der Waals surface area contributed by atoms with Crippen molar-refractivity contribution in [3.63, 3.8) is 0 Å². The van der Waals surface area contributed by atoms with Crippen molar-refractivity contribution in [2.45, 2.75) is 0 Å². The third kappa shape index (κ3) is 2.16. The number of carbonyl (C=O) groups excluding carboxylic acids is 1. The van der Waals surface area contributed by atoms with E-state index in [0.29, 0.717) is 45.0 Å². The molecule has 0 spiro atoms. The van der Waals surface area contributed by atoms with E-state index >= 15 is 0 Å². The number of fused-ring (bicyclic) bond motifs is 3. The first-order valence-corrected chi connectivity index (χ1v) is 7.99. The molecule has 3 aromatic rings. The van der Waals surface area contributed by atoms with Crippen LogP contribution < -0.4 is 9.47 Å². The Morgan fingerprint density at radius 3 is 2.38 bits per heavy atom. The van der Waals surface area contributed by atoms with Crippen LogP contribution in [-0.2, 0) is 0 Å². The number of ether oxygens (including phenoxy) is 2. The summed E-state index contributed by atoms with van der Waals surface area (Å²) in [6.07, 6.45) is 1.51. The molecule has 0 saturated heterocycles. The van der Waals surface area contributed by atoms with Crippen LogP contribution in [-0.4, -0.2) is 25.0 Å². The molecule has 4 rings (SSSR count). The van der Waals surface area contributed by atoms with Crippen LogP contribution >= 0.6 is 0 Å². The molecule has 1 aliphatic carbocycles. The molecule has 0 radical (unpaired) electrons. The largest absolute Gasteiger partial charge is 0.493 e. The van der Waals surface area contributed by atoms with Crippen LogP contribution in [0.1, 0.15) is 21.5 Å². The van der Waals surface area contributed by atoms with Gasteiger partial charge in [0.05, 0.1) is 31.0 Å². The second-order valence-electron chi connectivity index (χ2n) is 5.83. The molecule has 0 fully saturated rings. The lowest BCUT2D eigenvalue weighted by molar-refractivity contribution is 0.104. The standard InChI is InChI=1S/C21H14N2O3/c1-25-16-8-7-12(9-17(16)26-2)18-13(10-22)11-23-20-14-5-3-4-6-15(14)21(24)19(18)20/h3-9,11H,1-2H3. The lowest BCUT2D eigenvalue weighted by atomic mass is 9.94. The molecule has 5 nitrogen and oxygen atoms in total. The van der Waals surface area contributed by atoms with E-state index in [1.165, 1.54) is 6.20 Å². The second kappa shape index (κ2) is 6.01. The summed E-state index contributed by atoms with van der Waals surface area (Å²) in [5.41, 5.74) is 4.08. The third-order valence-corrected chi connectivity index (χ3v) is 4.53. The number of hydrogen-bond acceptors (Lipinski definition) is 5. The molecule has 2 aromatic carbocycles. The van der Waals surface area contributed by atoms with Crippen molar-refractivity contribution < 1.29 is 14.3 Å². The summed E-state index contributed by atoms with van der Waals surface area (Å²) in [5, 5.41) is 9.58. The Balaban J connectivity index is 2.02. The van der Waals surface area contributed by atoms with Crippen LogP contribution in [0.5, 0.6) is 11.5 Å². The highest BCUT2D eigenvalue weighted by molar-refractivity contribution is 6.24. The van der Waals surface area contributed by atoms with Crippen molar-refractivity contribution in [1.29, 1.82) is 5.26 Å². The molecule has 26 heavy (non-hydrogen) atoms. The minimum Gasteiger partial charge on any atom is -0.493 e. The number of carbonyl (C=O) groups is 1. The normalized spacial score (nSPS) is 11.5. The van der Waals surface area contributed by atoms with E-state index in [1.807, 2.05) is 24.3 Å². The van der Waals surface area contributed by atoms with Crippen LogP contribution in [0.4, 0.5) is 0 Å². The number of ketones is 1. The summed E-state index contributed by atoms with van der Waals surface area (Å²) in [6, 6.07) is 14.8. The number of benzene rings is 2. The van der Waals surface area contributed by atoms with Crippen molar-refractivity contribution in [2.75, 3.05) is 14.2 Å². The van der Waals surface area contributed by atoms with E-state index in [2.05, 4.69) is 11.1 Å². The third-order valence-electron chi connectivity index (χ3n) is 4.53. The number of pyridine rings is 1. The van der Waals surface area contributed by atoms with Crippen LogP contribution in [0.2, 0.25) is 0 Å². The van der Waals surface area contributed by atoms with Crippen molar-refractivity contribution in [3.8, 4) is 40.0 Å². The van der Waals surface area contributed by atoms with Gasteiger partial charge in [0.15, 0.2) is 17.3 Å². The van der Waals surface area contributed by atoms with Gasteiger partial charge in [0.25, 0.3) is 0 Å². The van der Waals surface area contributed by atoms with Crippen molar-refractivity contribution in [1.82, 2.24) is 4.98 Å². The molecule has 5 heteroatoms.